The third kappa shape index (κ3) is 7.48. The molecule has 9 heavy (non-hydrogen) atoms. The topological polar surface area (TPSA) is 38.0 Å². The molecule has 54 valence electrons. The zero-order valence-corrected chi connectivity index (χ0v) is 5.14. The highest BCUT2D eigenvalue weighted by Crippen LogP contribution is 2.11. The first-order valence-corrected chi connectivity index (χ1v) is 2.43. The Kier molecular flexibility index (Phi) is 2.69. The summed E-state index contributed by atoms with van der Waals surface area (Å²) in [5.41, 5.74) is 4.72. The van der Waals surface area contributed by atoms with Gasteiger partial charge < -0.3 is 11.1 Å². The first-order chi connectivity index (χ1) is 3.92. The molecular weight excluding hydrogens is 153 g/mol. The average molecular weight is 158 g/mol. The molecular formula is C3H5F3N2S. The summed E-state index contributed by atoms with van der Waals surface area (Å²) >= 11 is 4.13. The van der Waals surface area contributed by atoms with Gasteiger partial charge in [0.2, 0.25) is 0 Å². The van der Waals surface area contributed by atoms with Crippen LogP contribution in [-0.4, -0.2) is 17.8 Å². The molecule has 0 aromatic rings. The van der Waals surface area contributed by atoms with Crippen molar-refractivity contribution < 1.29 is 13.2 Å². The third-order valence-electron chi connectivity index (χ3n) is 0.463. The van der Waals surface area contributed by atoms with Crippen molar-refractivity contribution in [2.24, 2.45) is 5.73 Å². The second-order valence-corrected chi connectivity index (χ2v) is 1.77. The van der Waals surface area contributed by atoms with Crippen molar-refractivity contribution in [1.29, 1.82) is 0 Å². The minimum atomic E-state index is -4.25. The van der Waals surface area contributed by atoms with E-state index in [9.17, 15) is 13.2 Å². The van der Waals surface area contributed by atoms with Gasteiger partial charge in [0.05, 0.1) is 0 Å². The van der Waals surface area contributed by atoms with Crippen LogP contribution in [0.4, 0.5) is 13.2 Å². The number of rotatable bonds is 1. The molecule has 0 aromatic heterocycles. The lowest BCUT2D eigenvalue weighted by molar-refractivity contribution is -0.121. The van der Waals surface area contributed by atoms with Gasteiger partial charge >= 0.3 is 6.18 Å². The van der Waals surface area contributed by atoms with Gasteiger partial charge in [-0.25, -0.2) is 0 Å². The highest BCUT2D eigenvalue weighted by atomic mass is 32.1. The lowest BCUT2D eigenvalue weighted by atomic mass is 10.6. The van der Waals surface area contributed by atoms with Gasteiger partial charge in [0, 0.05) is 0 Å². The Morgan fingerprint density at radius 2 is 2.00 bits per heavy atom. The van der Waals surface area contributed by atoms with Crippen LogP contribution in [-0.2, 0) is 0 Å². The zero-order valence-electron chi connectivity index (χ0n) is 4.33. The molecule has 2 nitrogen and oxygen atoms in total. The Balaban J connectivity index is 3.39. The molecule has 0 amide bonds. The van der Waals surface area contributed by atoms with Crippen LogP contribution >= 0.6 is 12.2 Å². The van der Waals surface area contributed by atoms with Gasteiger partial charge in [-0.2, -0.15) is 13.2 Å². The van der Waals surface area contributed by atoms with E-state index in [1.807, 2.05) is 0 Å². The van der Waals surface area contributed by atoms with Gasteiger partial charge in [-0.15, -0.1) is 0 Å². The highest BCUT2D eigenvalue weighted by molar-refractivity contribution is 7.80. The standard InChI is InChI=1S/C3H5F3N2S/c4-3(5,6)1-8-2(7)9/h1H2,(H3,7,8,9). The van der Waals surface area contributed by atoms with Crippen LogP contribution in [0.3, 0.4) is 0 Å². The van der Waals surface area contributed by atoms with Crippen LogP contribution in [0, 0.1) is 0 Å². The quantitative estimate of drug-likeness (QED) is 0.542. The summed E-state index contributed by atoms with van der Waals surface area (Å²) in [6, 6.07) is 0. The minimum Gasteiger partial charge on any atom is -0.376 e. The maximum Gasteiger partial charge on any atom is 0.405 e. The maximum absolute atomic E-state index is 11.2. The molecule has 0 heterocycles. The second-order valence-electron chi connectivity index (χ2n) is 1.33. The summed E-state index contributed by atoms with van der Waals surface area (Å²) in [4.78, 5) is 0. The van der Waals surface area contributed by atoms with Crippen molar-refractivity contribution in [2.45, 2.75) is 6.18 Å². The number of thiocarbonyl (C=S) groups is 1. The molecule has 3 N–H and O–H groups in total. The number of nitrogens with one attached hydrogen (secondary N) is 1. The van der Waals surface area contributed by atoms with Gasteiger partial charge in [-0.3, -0.25) is 0 Å². The van der Waals surface area contributed by atoms with Crippen molar-refractivity contribution in [1.82, 2.24) is 5.32 Å². The van der Waals surface area contributed by atoms with Crippen LogP contribution in [0.1, 0.15) is 0 Å². The van der Waals surface area contributed by atoms with E-state index in [4.69, 9.17) is 5.73 Å². The second kappa shape index (κ2) is 2.86. The monoisotopic (exact) mass is 158 g/mol. The van der Waals surface area contributed by atoms with Crippen LogP contribution in [0.2, 0.25) is 0 Å². The van der Waals surface area contributed by atoms with Gasteiger partial charge in [0.15, 0.2) is 5.11 Å². The molecule has 0 aromatic carbocycles. The van der Waals surface area contributed by atoms with Crippen LogP contribution < -0.4 is 11.1 Å². The van der Waals surface area contributed by atoms with Crippen molar-refractivity contribution >= 4 is 17.3 Å². The van der Waals surface area contributed by atoms with E-state index in [1.165, 1.54) is 0 Å². The average Bonchev–Trinajstić information content (AvgIpc) is 1.59. The zero-order chi connectivity index (χ0) is 7.49. The Morgan fingerprint density at radius 1 is 1.56 bits per heavy atom. The smallest absolute Gasteiger partial charge is 0.376 e. The Hall–Kier alpha value is -0.520. The number of halogens is 3. The molecule has 0 spiro atoms. The number of alkyl halides is 3. The third-order valence-corrected chi connectivity index (χ3v) is 0.607. The summed E-state index contributed by atoms with van der Waals surface area (Å²) in [5, 5.41) is 1.43. The Bertz CT molecular complexity index is 110. The van der Waals surface area contributed by atoms with Crippen LogP contribution in [0.15, 0.2) is 0 Å². The molecule has 0 saturated heterocycles. The molecule has 0 fully saturated rings. The predicted octanol–water partition coefficient (Wildman–Crippen LogP) is 0.382. The molecule has 0 aliphatic heterocycles. The Morgan fingerprint density at radius 3 is 2.11 bits per heavy atom. The first-order valence-electron chi connectivity index (χ1n) is 2.02. The largest absolute Gasteiger partial charge is 0.405 e. The number of hydrogen-bond acceptors (Lipinski definition) is 1. The van der Waals surface area contributed by atoms with Gasteiger partial charge in [-0.1, -0.05) is 0 Å². The van der Waals surface area contributed by atoms with Crippen LogP contribution in [0.5, 0.6) is 0 Å². The number of hydrogen-bond donors (Lipinski definition) is 2. The summed E-state index contributed by atoms with van der Waals surface area (Å²) in [6.07, 6.45) is -4.25. The summed E-state index contributed by atoms with van der Waals surface area (Å²) in [7, 11) is 0. The molecule has 0 atom stereocenters. The van der Waals surface area contributed by atoms with E-state index in [1.54, 1.807) is 5.32 Å². The van der Waals surface area contributed by atoms with E-state index in [0.717, 1.165) is 0 Å². The molecule has 0 aliphatic carbocycles. The number of nitrogens with two attached hydrogens (primary N) is 1. The van der Waals surface area contributed by atoms with E-state index in [2.05, 4.69) is 12.2 Å². The van der Waals surface area contributed by atoms with E-state index in [-0.39, 0.29) is 5.11 Å². The van der Waals surface area contributed by atoms with Crippen LogP contribution in [0.25, 0.3) is 0 Å². The predicted molar refractivity (Wildman–Crippen MR) is 30.8 cm³/mol. The molecule has 0 unspecified atom stereocenters. The molecule has 0 radical (unpaired) electrons. The SMILES string of the molecule is NC(=S)NCC(F)(F)F. The minimum absolute atomic E-state index is 0.340. The maximum atomic E-state index is 11.2. The van der Waals surface area contributed by atoms with Crippen molar-refractivity contribution in [3.8, 4) is 0 Å². The van der Waals surface area contributed by atoms with Gasteiger partial charge in [0.25, 0.3) is 0 Å². The Labute approximate surface area is 55.2 Å². The van der Waals surface area contributed by atoms with Crippen molar-refractivity contribution in [3.05, 3.63) is 0 Å². The lowest BCUT2D eigenvalue weighted by Crippen LogP contribution is -2.36. The summed E-state index contributed by atoms with van der Waals surface area (Å²) in [6.45, 7) is -1.16. The van der Waals surface area contributed by atoms with E-state index in [0.29, 0.717) is 0 Å². The fourth-order valence-corrected chi connectivity index (χ4v) is 0.260. The fourth-order valence-electron chi connectivity index (χ4n) is 0.187. The lowest BCUT2D eigenvalue weighted by Gasteiger charge is -2.06. The normalized spacial score (nSPS) is 11.0. The molecule has 0 aliphatic rings. The first kappa shape index (κ1) is 8.48. The molecule has 0 rings (SSSR count). The molecule has 0 bridgehead atoms. The highest BCUT2D eigenvalue weighted by Gasteiger charge is 2.26. The van der Waals surface area contributed by atoms with Gasteiger partial charge in [-0.05, 0) is 12.2 Å². The summed E-state index contributed by atoms with van der Waals surface area (Å²) < 4.78 is 33.7. The van der Waals surface area contributed by atoms with E-state index >= 15 is 0 Å². The van der Waals surface area contributed by atoms with Crippen molar-refractivity contribution in [2.75, 3.05) is 6.54 Å². The van der Waals surface area contributed by atoms with E-state index < -0.39 is 12.7 Å². The molecule has 0 saturated carbocycles. The van der Waals surface area contributed by atoms with Crippen molar-refractivity contribution in [3.63, 3.8) is 0 Å². The summed E-state index contributed by atoms with van der Waals surface area (Å²) in [5.74, 6) is 0. The molecule has 6 heteroatoms. The van der Waals surface area contributed by atoms with Gasteiger partial charge in [0.1, 0.15) is 6.54 Å². The fraction of sp³-hybridized carbons (Fsp3) is 0.667.